The summed E-state index contributed by atoms with van der Waals surface area (Å²) in [6.45, 7) is 6.51. The Morgan fingerprint density at radius 1 is 0.932 bits per heavy atom. The highest BCUT2D eigenvalue weighted by atomic mass is 32.7. The van der Waals surface area contributed by atoms with Crippen LogP contribution in [0.15, 0.2) is 0 Å². The van der Waals surface area contributed by atoms with Crippen LogP contribution >= 0.6 is 18.8 Å². The molecule has 5 amide bonds. The largest absolute Gasteiger partial charge is 0.356 e. The molecular formula is C27H42FN4O10PS. The molecule has 0 aromatic carbocycles. The normalized spacial score (nSPS) is 14.1. The van der Waals surface area contributed by atoms with Crippen molar-refractivity contribution in [2.75, 3.05) is 32.1 Å². The monoisotopic (exact) mass is 664 g/mol. The second-order valence-corrected chi connectivity index (χ2v) is 15.0. The molecule has 1 aliphatic heterocycles. The number of hydroxylamine groups is 4. The van der Waals surface area contributed by atoms with E-state index in [1.54, 1.807) is 13.8 Å². The van der Waals surface area contributed by atoms with Crippen LogP contribution in [0.25, 0.3) is 0 Å². The van der Waals surface area contributed by atoms with Crippen LogP contribution in [0.4, 0.5) is 4.20 Å². The summed E-state index contributed by atoms with van der Waals surface area (Å²) >= 11 is 1.03. The van der Waals surface area contributed by atoms with Gasteiger partial charge in [-0.1, -0.05) is 11.4 Å². The number of hydrogen-bond acceptors (Lipinski definition) is 11. The summed E-state index contributed by atoms with van der Waals surface area (Å²) in [6, 6.07) is 0. The van der Waals surface area contributed by atoms with Crippen molar-refractivity contribution in [3.63, 3.8) is 0 Å². The molecule has 2 N–H and O–H groups in total. The highest BCUT2D eigenvalue weighted by Gasteiger charge is 2.38. The number of amides is 5. The van der Waals surface area contributed by atoms with Gasteiger partial charge in [0.15, 0.2) is 0 Å². The molecule has 0 aromatic heterocycles. The molecule has 0 saturated carbocycles. The van der Waals surface area contributed by atoms with Crippen molar-refractivity contribution in [1.82, 2.24) is 20.8 Å². The van der Waals surface area contributed by atoms with E-state index in [1.165, 1.54) is 20.9 Å². The van der Waals surface area contributed by atoms with Gasteiger partial charge in [-0.15, -0.1) is 5.06 Å². The summed E-state index contributed by atoms with van der Waals surface area (Å²) in [7, 11) is -0.688. The van der Waals surface area contributed by atoms with Gasteiger partial charge in [0.05, 0.1) is 10.8 Å². The summed E-state index contributed by atoms with van der Waals surface area (Å²) in [5.74, 6) is -3.62. The predicted octanol–water partition coefficient (Wildman–Crippen LogP) is 2.35. The Morgan fingerprint density at radius 2 is 1.45 bits per heavy atom. The van der Waals surface area contributed by atoms with Crippen molar-refractivity contribution < 1.29 is 52.2 Å². The van der Waals surface area contributed by atoms with E-state index in [0.717, 1.165) is 16.4 Å². The molecule has 1 aliphatic rings. The molecule has 1 atom stereocenters. The van der Waals surface area contributed by atoms with Crippen molar-refractivity contribution in [2.45, 2.75) is 79.1 Å². The van der Waals surface area contributed by atoms with Crippen molar-refractivity contribution in [2.24, 2.45) is 10.8 Å². The fourth-order valence-corrected chi connectivity index (χ4v) is 5.76. The molecule has 1 saturated heterocycles. The Balaban J connectivity index is 2.22. The highest BCUT2D eigenvalue weighted by Crippen LogP contribution is 2.50. The second kappa shape index (κ2) is 18.6. The van der Waals surface area contributed by atoms with Crippen molar-refractivity contribution >= 4 is 66.6 Å². The zero-order valence-corrected chi connectivity index (χ0v) is 27.5. The van der Waals surface area contributed by atoms with E-state index in [2.05, 4.69) is 10.6 Å². The average molecular weight is 665 g/mol. The average Bonchev–Trinajstić information content (AvgIpc) is 3.27. The van der Waals surface area contributed by atoms with E-state index in [0.29, 0.717) is 17.1 Å². The lowest BCUT2D eigenvalue weighted by Crippen LogP contribution is -2.38. The van der Waals surface area contributed by atoms with Crippen LogP contribution in [0, 0.1) is 10.8 Å². The molecule has 1 unspecified atom stereocenters. The van der Waals surface area contributed by atoms with Crippen molar-refractivity contribution in [1.29, 1.82) is 0 Å². The summed E-state index contributed by atoms with van der Waals surface area (Å²) in [6.07, 6.45) is 0.766. The molecule has 0 aliphatic carbocycles. The van der Waals surface area contributed by atoms with Crippen molar-refractivity contribution in [3.8, 4) is 0 Å². The van der Waals surface area contributed by atoms with Gasteiger partial charge in [0.2, 0.25) is 11.8 Å². The van der Waals surface area contributed by atoms with Crippen molar-refractivity contribution in [3.05, 3.63) is 0 Å². The van der Waals surface area contributed by atoms with Gasteiger partial charge in [-0.05, 0) is 40.5 Å². The van der Waals surface area contributed by atoms with Crippen LogP contribution in [0.3, 0.4) is 0 Å². The molecule has 1 rings (SSSR count). The summed E-state index contributed by atoms with van der Waals surface area (Å²) in [5.41, 5.74) is -2.20. The number of hydrogen-bond donors (Lipinski definition) is 2. The maximum Gasteiger partial charge on any atom is 0.338 e. The molecule has 0 radical (unpaired) electrons. The first kappa shape index (κ1) is 38.9. The van der Waals surface area contributed by atoms with Crippen LogP contribution < -0.4 is 10.6 Å². The summed E-state index contributed by atoms with van der Waals surface area (Å²) < 4.78 is 14.3. The van der Waals surface area contributed by atoms with Gasteiger partial charge >= 0.3 is 11.9 Å². The number of aldehydes is 1. The second-order valence-electron chi connectivity index (χ2n) is 11.3. The number of carbonyl (C=O) groups excluding carboxylic acids is 8. The van der Waals surface area contributed by atoms with Gasteiger partial charge < -0.3 is 25.1 Å². The quantitative estimate of drug-likeness (QED) is 0.0679. The van der Waals surface area contributed by atoms with Gasteiger partial charge in [0, 0.05) is 70.6 Å². The molecule has 0 aromatic rings. The maximum atomic E-state index is 14.3. The smallest absolute Gasteiger partial charge is 0.338 e. The Bertz CT molecular complexity index is 1070. The van der Waals surface area contributed by atoms with E-state index in [1.807, 2.05) is 0 Å². The summed E-state index contributed by atoms with van der Waals surface area (Å²) in [4.78, 5) is 104. The van der Waals surface area contributed by atoms with E-state index in [4.69, 9.17) is 9.68 Å². The Kier molecular flexibility index (Phi) is 16.5. The Labute approximate surface area is 261 Å². The fourth-order valence-electron chi connectivity index (χ4n) is 3.42. The predicted molar refractivity (Wildman–Crippen MR) is 159 cm³/mol. The first-order chi connectivity index (χ1) is 20.5. The van der Waals surface area contributed by atoms with E-state index >= 15 is 0 Å². The first-order valence-corrected chi connectivity index (χ1v) is 17.1. The zero-order chi connectivity index (χ0) is 33.5. The number of nitrogens with zero attached hydrogens (tertiary/aromatic N) is 2. The van der Waals surface area contributed by atoms with Crippen LogP contribution in [0.5, 0.6) is 0 Å². The third-order valence-electron chi connectivity index (χ3n) is 6.55. The maximum absolute atomic E-state index is 14.3. The molecule has 0 spiro atoms. The SMILES string of the molecule is CN(OC(=O)C(C)(C)CCC(=O)NCCSP(F)CCNC(=O)CCC(C)(C)C(=O)ON1C(=O)CCC1=O)C(=O)CCC=O. The lowest BCUT2D eigenvalue weighted by Gasteiger charge is -2.25. The van der Waals surface area contributed by atoms with E-state index in [-0.39, 0.29) is 82.4 Å². The lowest BCUT2D eigenvalue weighted by molar-refractivity contribution is -0.204. The minimum absolute atomic E-state index is 0.00895. The third-order valence-corrected chi connectivity index (χ3v) is 9.73. The van der Waals surface area contributed by atoms with Crippen LogP contribution in [0.2, 0.25) is 0 Å². The molecule has 0 bridgehead atoms. The molecule has 1 fully saturated rings. The van der Waals surface area contributed by atoms with E-state index < -0.39 is 47.9 Å². The molecule has 14 nitrogen and oxygen atoms in total. The van der Waals surface area contributed by atoms with Gasteiger partial charge in [-0.2, -0.15) is 5.06 Å². The number of carbonyl (C=O) groups is 8. The van der Waals surface area contributed by atoms with Crippen LogP contribution in [-0.2, 0) is 48.0 Å². The standard InChI is InChI=1S/C27H42FN4O10PS/c1-26(2,24(39)41-31(5)21(36)7-6-16-33)12-11-20(35)30-15-18-44-43(28)17-14-29-19(34)10-13-27(3,4)25(40)42-32-22(37)8-9-23(32)38/h16H,6-15,17-18H2,1-5H3,(H,29,34)(H,30,35). The molecule has 17 heteroatoms. The number of rotatable bonds is 19. The van der Waals surface area contributed by atoms with Gasteiger partial charge in [0.1, 0.15) is 13.7 Å². The van der Waals surface area contributed by atoms with Crippen LogP contribution in [0.1, 0.15) is 79.1 Å². The minimum Gasteiger partial charge on any atom is -0.356 e. The molecular weight excluding hydrogens is 622 g/mol. The molecule has 44 heavy (non-hydrogen) atoms. The molecule has 1 heterocycles. The fraction of sp³-hybridized carbons (Fsp3) is 0.704. The van der Waals surface area contributed by atoms with E-state index in [9.17, 15) is 42.6 Å². The number of imide groups is 1. The van der Waals surface area contributed by atoms with Gasteiger partial charge in [-0.25, -0.2) is 13.8 Å². The Hall–Kier alpha value is -3.13. The first-order valence-electron chi connectivity index (χ1n) is 14.1. The van der Waals surface area contributed by atoms with Crippen LogP contribution in [-0.4, -0.2) is 89.9 Å². The number of halogens is 1. The summed E-state index contributed by atoms with van der Waals surface area (Å²) in [5, 5.41) is 6.49. The van der Waals surface area contributed by atoms with Gasteiger partial charge in [0.25, 0.3) is 17.7 Å². The lowest BCUT2D eigenvalue weighted by atomic mass is 9.88. The van der Waals surface area contributed by atoms with Gasteiger partial charge in [-0.3, -0.25) is 24.0 Å². The third kappa shape index (κ3) is 14.1. The Morgan fingerprint density at radius 3 is 2.00 bits per heavy atom. The highest BCUT2D eigenvalue weighted by molar-refractivity contribution is 8.54. The topological polar surface area (TPSA) is 186 Å². The zero-order valence-electron chi connectivity index (χ0n) is 25.8. The number of nitrogens with one attached hydrogen (secondary N) is 2. The minimum atomic E-state index is -1.96. The molecule has 248 valence electrons.